The average Bonchev–Trinajstić information content (AvgIpc) is 2.48. The zero-order valence-electron chi connectivity index (χ0n) is 16.5. The molecule has 0 unspecified atom stereocenters. The number of hydrogen-bond acceptors (Lipinski definition) is 3. The Morgan fingerprint density at radius 3 is 1.78 bits per heavy atom. The van der Waals surface area contributed by atoms with E-state index in [1.165, 1.54) is 12.1 Å². The third-order valence-electron chi connectivity index (χ3n) is 4.41. The van der Waals surface area contributed by atoms with Gasteiger partial charge in [0.15, 0.2) is 15.6 Å². The molecule has 0 fully saturated rings. The van der Waals surface area contributed by atoms with E-state index in [1.807, 2.05) is 12.1 Å². The first-order valence-electron chi connectivity index (χ1n) is 8.67. The quantitative estimate of drug-likeness (QED) is 0.626. The van der Waals surface area contributed by atoms with E-state index in [0.29, 0.717) is 5.56 Å². The highest BCUT2D eigenvalue weighted by atomic mass is 35.5. The molecule has 1 N–H and O–H groups in total. The Kier molecular flexibility index (Phi) is 5.97. The van der Waals surface area contributed by atoms with Gasteiger partial charge in [-0.2, -0.15) is 0 Å². The topological polar surface area (TPSA) is 54.4 Å². The van der Waals surface area contributed by atoms with Crippen molar-refractivity contribution >= 4 is 33.0 Å². The Balaban J connectivity index is 2.59. The number of sulfone groups is 1. The van der Waals surface area contributed by atoms with E-state index in [9.17, 15) is 13.5 Å². The van der Waals surface area contributed by atoms with Crippen LogP contribution in [-0.2, 0) is 26.4 Å². The van der Waals surface area contributed by atoms with Crippen molar-refractivity contribution in [3.63, 3.8) is 0 Å². The van der Waals surface area contributed by atoms with Crippen molar-refractivity contribution in [2.75, 3.05) is 0 Å². The normalized spacial score (nSPS) is 13.0. The monoisotopic (exact) mass is 428 g/mol. The molecule has 0 saturated carbocycles. The van der Waals surface area contributed by atoms with Crippen LogP contribution in [0.2, 0.25) is 10.0 Å². The summed E-state index contributed by atoms with van der Waals surface area (Å²) in [5.41, 5.74) is 2.55. The predicted octanol–water partition coefficient (Wildman–Crippen LogP) is 6.27. The van der Waals surface area contributed by atoms with Gasteiger partial charge < -0.3 is 5.11 Å². The number of phenols is 1. The summed E-state index contributed by atoms with van der Waals surface area (Å²) >= 11 is 11.8. The second-order valence-electron chi connectivity index (χ2n) is 8.91. The molecule has 0 spiro atoms. The third-order valence-corrected chi connectivity index (χ3v) is 6.61. The van der Waals surface area contributed by atoms with Crippen LogP contribution in [0, 0.1) is 0 Å². The van der Waals surface area contributed by atoms with Crippen LogP contribution in [0.25, 0.3) is 0 Å². The van der Waals surface area contributed by atoms with Gasteiger partial charge in [-0.1, -0.05) is 82.9 Å². The zero-order valence-corrected chi connectivity index (χ0v) is 18.9. The van der Waals surface area contributed by atoms with Crippen LogP contribution in [0.5, 0.6) is 5.75 Å². The highest BCUT2D eigenvalue weighted by molar-refractivity contribution is 7.90. The van der Waals surface area contributed by atoms with Gasteiger partial charge in [0, 0.05) is 5.02 Å². The lowest BCUT2D eigenvalue weighted by atomic mass is 9.80. The fourth-order valence-corrected chi connectivity index (χ4v) is 4.80. The van der Waals surface area contributed by atoms with Gasteiger partial charge in [0.1, 0.15) is 4.90 Å². The molecule has 148 valence electrons. The first-order chi connectivity index (χ1) is 12.1. The second kappa shape index (κ2) is 7.31. The predicted molar refractivity (Wildman–Crippen MR) is 113 cm³/mol. The summed E-state index contributed by atoms with van der Waals surface area (Å²) in [5.74, 6) is -0.714. The van der Waals surface area contributed by atoms with Gasteiger partial charge in [0.05, 0.1) is 10.8 Å². The van der Waals surface area contributed by atoms with Gasteiger partial charge in [-0.05, 0) is 39.7 Å². The summed E-state index contributed by atoms with van der Waals surface area (Å²) < 4.78 is 25.9. The molecule has 0 aliphatic rings. The molecule has 0 aromatic heterocycles. The van der Waals surface area contributed by atoms with E-state index in [-0.39, 0.29) is 31.5 Å². The van der Waals surface area contributed by atoms with Crippen LogP contribution in [0.3, 0.4) is 0 Å². The van der Waals surface area contributed by atoms with Crippen LogP contribution in [-0.4, -0.2) is 13.5 Å². The van der Waals surface area contributed by atoms with Gasteiger partial charge in [-0.25, -0.2) is 8.42 Å². The minimum Gasteiger partial charge on any atom is -0.505 e. The van der Waals surface area contributed by atoms with Crippen LogP contribution in [0.4, 0.5) is 0 Å². The summed E-state index contributed by atoms with van der Waals surface area (Å²) in [5, 5.41) is 10.2. The number of hydrogen-bond donors (Lipinski definition) is 1. The summed E-state index contributed by atoms with van der Waals surface area (Å²) in [6, 6.07) is 8.50. The van der Waals surface area contributed by atoms with Gasteiger partial charge in [-0.3, -0.25) is 0 Å². The lowest BCUT2D eigenvalue weighted by Crippen LogP contribution is -2.18. The smallest absolute Gasteiger partial charge is 0.186 e. The Labute approximate surface area is 172 Å². The molecule has 2 aromatic carbocycles. The Morgan fingerprint density at radius 1 is 0.852 bits per heavy atom. The maximum atomic E-state index is 13.0. The first-order valence-corrected chi connectivity index (χ1v) is 11.1. The molecule has 0 heterocycles. The minimum atomic E-state index is -3.83. The van der Waals surface area contributed by atoms with E-state index in [2.05, 4.69) is 47.6 Å². The molecule has 0 bridgehead atoms. The molecule has 0 saturated heterocycles. The summed E-state index contributed by atoms with van der Waals surface area (Å²) in [7, 11) is -3.83. The second-order valence-corrected chi connectivity index (χ2v) is 11.7. The van der Waals surface area contributed by atoms with E-state index in [1.54, 1.807) is 0 Å². The maximum absolute atomic E-state index is 13.0. The van der Waals surface area contributed by atoms with Crippen molar-refractivity contribution in [1.29, 1.82) is 0 Å². The van der Waals surface area contributed by atoms with Crippen molar-refractivity contribution in [3.05, 3.63) is 57.1 Å². The molecule has 0 atom stereocenters. The van der Waals surface area contributed by atoms with Crippen LogP contribution >= 0.6 is 23.2 Å². The molecule has 27 heavy (non-hydrogen) atoms. The Bertz CT molecular complexity index is 934. The van der Waals surface area contributed by atoms with Crippen LogP contribution in [0.15, 0.2) is 35.2 Å². The minimum absolute atomic E-state index is 0.0834. The third kappa shape index (κ3) is 5.18. The van der Waals surface area contributed by atoms with Crippen molar-refractivity contribution in [3.8, 4) is 5.75 Å². The van der Waals surface area contributed by atoms with Gasteiger partial charge in [0.25, 0.3) is 0 Å². The van der Waals surface area contributed by atoms with Gasteiger partial charge in [-0.15, -0.1) is 0 Å². The Hall–Kier alpha value is -1.23. The number of aromatic hydroxyl groups is 1. The molecule has 0 aliphatic carbocycles. The number of benzene rings is 2. The lowest BCUT2D eigenvalue weighted by molar-refractivity contribution is 0.459. The number of rotatable bonds is 3. The van der Waals surface area contributed by atoms with Crippen LogP contribution in [0.1, 0.15) is 58.2 Å². The van der Waals surface area contributed by atoms with Gasteiger partial charge >= 0.3 is 0 Å². The molecule has 0 radical (unpaired) electrons. The largest absolute Gasteiger partial charge is 0.505 e. The maximum Gasteiger partial charge on any atom is 0.186 e. The van der Waals surface area contributed by atoms with Crippen molar-refractivity contribution in [1.82, 2.24) is 0 Å². The van der Waals surface area contributed by atoms with Crippen LogP contribution < -0.4 is 0 Å². The lowest BCUT2D eigenvalue weighted by Gasteiger charge is -2.26. The molecule has 6 heteroatoms. The van der Waals surface area contributed by atoms with E-state index >= 15 is 0 Å². The molecule has 0 amide bonds. The molecule has 3 nitrogen and oxygen atoms in total. The average molecular weight is 429 g/mol. The standard InChI is InChI=1S/C21H26Cl2O3S/c1-20(2,3)14-7-13(8-15(9-14)21(4,5)6)12-27(25,26)18-11-16(22)10-17(23)19(18)24/h7-11,24H,12H2,1-6H3. The number of halogens is 2. The van der Waals surface area contributed by atoms with Gasteiger partial charge in [0.2, 0.25) is 0 Å². The fourth-order valence-electron chi connectivity index (χ4n) is 2.72. The van der Waals surface area contributed by atoms with Crippen molar-refractivity contribution in [2.24, 2.45) is 0 Å². The number of phenolic OH excluding ortho intramolecular Hbond substituents is 1. The highest BCUT2D eigenvalue weighted by Crippen LogP contribution is 2.37. The Morgan fingerprint density at radius 2 is 1.33 bits per heavy atom. The molecule has 2 rings (SSSR count). The van der Waals surface area contributed by atoms with E-state index < -0.39 is 15.6 Å². The highest BCUT2D eigenvalue weighted by Gasteiger charge is 2.25. The van der Waals surface area contributed by atoms with E-state index in [0.717, 1.165) is 11.1 Å². The summed E-state index contributed by atoms with van der Waals surface area (Å²) in [6.45, 7) is 12.6. The molecular formula is C21H26Cl2O3S. The molecule has 2 aromatic rings. The SMILES string of the molecule is CC(C)(C)c1cc(CS(=O)(=O)c2cc(Cl)cc(Cl)c2O)cc(C(C)(C)C)c1. The molecule has 0 aliphatic heterocycles. The summed E-state index contributed by atoms with van der Waals surface area (Å²) in [6.07, 6.45) is 0. The summed E-state index contributed by atoms with van der Waals surface area (Å²) in [4.78, 5) is -0.251. The van der Waals surface area contributed by atoms with Crippen molar-refractivity contribution < 1.29 is 13.5 Å². The van der Waals surface area contributed by atoms with E-state index in [4.69, 9.17) is 23.2 Å². The van der Waals surface area contributed by atoms with Crippen molar-refractivity contribution in [2.45, 2.75) is 63.0 Å². The first kappa shape index (κ1) is 22.1. The zero-order chi connectivity index (χ0) is 20.8. The fraction of sp³-hybridized carbons (Fsp3) is 0.429. The molecular weight excluding hydrogens is 403 g/mol.